The van der Waals surface area contributed by atoms with Gasteiger partial charge >= 0.3 is 0 Å². The van der Waals surface area contributed by atoms with Crippen LogP contribution in [0.25, 0.3) is 0 Å². The first-order valence-electron chi connectivity index (χ1n) is 5.78. The second-order valence-electron chi connectivity index (χ2n) is 3.89. The molecule has 2 aromatic rings. The van der Waals surface area contributed by atoms with Crippen LogP contribution < -0.4 is 10.5 Å². The number of nitrogens with two attached hydrogens (primary N) is 1. The van der Waals surface area contributed by atoms with Gasteiger partial charge in [-0.3, -0.25) is 4.21 Å². The normalized spacial score (nSPS) is 12.1. The average Bonchev–Trinajstić information content (AvgIpc) is 2.41. The fraction of sp³-hybridized carbons (Fsp3) is 0.143. The number of nitrogen functional groups attached to an aromatic ring is 1. The van der Waals surface area contributed by atoms with Crippen LogP contribution in [-0.2, 0) is 10.8 Å². The molecule has 0 saturated heterocycles. The summed E-state index contributed by atoms with van der Waals surface area (Å²) in [5.74, 6) is 1.01. The van der Waals surface area contributed by atoms with Crippen LogP contribution in [0, 0.1) is 0 Å². The molecular weight excluding hydrogens is 282 g/mol. The molecular formula is C14H14ClNO2S. The summed E-state index contributed by atoms with van der Waals surface area (Å²) in [6.07, 6.45) is 0. The predicted molar refractivity (Wildman–Crippen MR) is 79.1 cm³/mol. The zero-order valence-electron chi connectivity index (χ0n) is 10.2. The molecule has 0 aliphatic heterocycles. The van der Waals surface area contributed by atoms with Crippen molar-refractivity contribution >= 4 is 28.1 Å². The first-order chi connectivity index (χ1) is 9.16. The summed E-state index contributed by atoms with van der Waals surface area (Å²) >= 11 is 5.86. The molecule has 1 atom stereocenters. The van der Waals surface area contributed by atoms with Crippen molar-refractivity contribution in [2.75, 3.05) is 18.1 Å². The van der Waals surface area contributed by atoms with E-state index in [2.05, 4.69) is 0 Å². The van der Waals surface area contributed by atoms with Gasteiger partial charge in [-0.1, -0.05) is 29.8 Å². The SMILES string of the molecule is Nc1ccccc1OCCS(=O)c1cccc(Cl)c1. The van der Waals surface area contributed by atoms with E-state index in [-0.39, 0.29) is 0 Å². The van der Waals surface area contributed by atoms with E-state index in [1.807, 2.05) is 12.1 Å². The van der Waals surface area contributed by atoms with Gasteiger partial charge in [-0.25, -0.2) is 0 Å². The van der Waals surface area contributed by atoms with Crippen LogP contribution in [0.4, 0.5) is 5.69 Å². The number of hydrogen-bond acceptors (Lipinski definition) is 3. The number of rotatable bonds is 5. The maximum absolute atomic E-state index is 12.0. The minimum Gasteiger partial charge on any atom is -0.490 e. The van der Waals surface area contributed by atoms with Crippen molar-refractivity contribution in [3.8, 4) is 5.75 Å². The molecule has 0 spiro atoms. The molecule has 0 aliphatic rings. The van der Waals surface area contributed by atoms with Crippen molar-refractivity contribution in [3.63, 3.8) is 0 Å². The molecule has 0 bridgehead atoms. The van der Waals surface area contributed by atoms with Crippen molar-refractivity contribution in [3.05, 3.63) is 53.6 Å². The number of halogens is 1. The first kappa shape index (κ1) is 13.9. The Labute approximate surface area is 119 Å². The lowest BCUT2D eigenvalue weighted by Gasteiger charge is -2.08. The Kier molecular flexibility index (Phi) is 4.82. The van der Waals surface area contributed by atoms with Crippen LogP contribution in [0.2, 0.25) is 5.02 Å². The van der Waals surface area contributed by atoms with Gasteiger partial charge in [-0.05, 0) is 30.3 Å². The Balaban J connectivity index is 1.90. The van der Waals surface area contributed by atoms with E-state index in [9.17, 15) is 4.21 Å². The third-order valence-electron chi connectivity index (χ3n) is 2.50. The lowest BCUT2D eigenvalue weighted by Crippen LogP contribution is -2.09. The van der Waals surface area contributed by atoms with Crippen molar-refractivity contribution in [1.82, 2.24) is 0 Å². The first-order valence-corrected chi connectivity index (χ1v) is 7.48. The summed E-state index contributed by atoms with van der Waals surface area (Å²) in [6.45, 7) is 0.341. The van der Waals surface area contributed by atoms with Crippen molar-refractivity contribution in [1.29, 1.82) is 0 Å². The molecule has 2 N–H and O–H groups in total. The quantitative estimate of drug-likeness (QED) is 0.862. The van der Waals surface area contributed by atoms with Gasteiger partial charge in [0.05, 0.1) is 22.2 Å². The second kappa shape index (κ2) is 6.59. The summed E-state index contributed by atoms with van der Waals surface area (Å²) in [7, 11) is -1.12. The topological polar surface area (TPSA) is 52.3 Å². The molecule has 19 heavy (non-hydrogen) atoms. The maximum atomic E-state index is 12.0. The van der Waals surface area contributed by atoms with Crippen LogP contribution in [0.1, 0.15) is 0 Å². The van der Waals surface area contributed by atoms with Crippen LogP contribution in [0.5, 0.6) is 5.75 Å². The van der Waals surface area contributed by atoms with Gasteiger partial charge in [0.2, 0.25) is 0 Å². The fourth-order valence-electron chi connectivity index (χ4n) is 1.57. The Morgan fingerprint density at radius 3 is 2.68 bits per heavy atom. The largest absolute Gasteiger partial charge is 0.490 e. The van der Waals surface area contributed by atoms with E-state index in [4.69, 9.17) is 22.1 Å². The van der Waals surface area contributed by atoms with Crippen molar-refractivity contribution in [2.45, 2.75) is 4.90 Å². The molecule has 0 heterocycles. The summed E-state index contributed by atoms with van der Waals surface area (Å²) in [5, 5.41) is 0.582. The third kappa shape index (κ3) is 3.98. The standard InChI is InChI=1S/C14H14ClNO2S/c15-11-4-3-5-12(10-11)19(17)9-8-18-14-7-2-1-6-13(14)16/h1-7,10H,8-9,16H2. The molecule has 1 unspecified atom stereocenters. The van der Waals surface area contributed by atoms with Crippen LogP contribution >= 0.6 is 11.6 Å². The molecule has 100 valence electrons. The number of anilines is 1. The Morgan fingerprint density at radius 1 is 1.16 bits per heavy atom. The smallest absolute Gasteiger partial charge is 0.142 e. The minimum atomic E-state index is -1.12. The third-order valence-corrected chi connectivity index (χ3v) is 4.06. The molecule has 2 aromatic carbocycles. The molecule has 0 aromatic heterocycles. The number of ether oxygens (including phenoxy) is 1. The molecule has 0 aliphatic carbocycles. The molecule has 0 saturated carbocycles. The van der Waals surface area contributed by atoms with E-state index < -0.39 is 10.8 Å². The highest BCUT2D eigenvalue weighted by atomic mass is 35.5. The van der Waals surface area contributed by atoms with E-state index in [0.29, 0.717) is 33.7 Å². The molecule has 3 nitrogen and oxygen atoms in total. The molecule has 0 radical (unpaired) electrons. The Hall–Kier alpha value is -1.52. The van der Waals surface area contributed by atoms with Gasteiger partial charge in [-0.15, -0.1) is 0 Å². The number of benzene rings is 2. The van der Waals surface area contributed by atoms with Gasteiger partial charge < -0.3 is 10.5 Å². The number of para-hydroxylation sites is 2. The molecule has 2 rings (SSSR count). The van der Waals surface area contributed by atoms with Crippen LogP contribution in [-0.4, -0.2) is 16.6 Å². The van der Waals surface area contributed by atoms with Crippen LogP contribution in [0.3, 0.4) is 0 Å². The zero-order chi connectivity index (χ0) is 13.7. The molecule has 5 heteroatoms. The van der Waals surface area contributed by atoms with E-state index in [0.717, 1.165) is 0 Å². The van der Waals surface area contributed by atoms with Gasteiger partial charge in [0, 0.05) is 9.92 Å². The van der Waals surface area contributed by atoms with Gasteiger partial charge in [0.25, 0.3) is 0 Å². The lowest BCUT2D eigenvalue weighted by atomic mass is 10.3. The predicted octanol–water partition coefficient (Wildman–Crippen LogP) is 3.11. The minimum absolute atomic E-state index is 0.341. The summed E-state index contributed by atoms with van der Waals surface area (Å²) in [6, 6.07) is 14.3. The van der Waals surface area contributed by atoms with E-state index in [1.165, 1.54) is 0 Å². The maximum Gasteiger partial charge on any atom is 0.142 e. The highest BCUT2D eigenvalue weighted by molar-refractivity contribution is 7.85. The Morgan fingerprint density at radius 2 is 1.95 bits per heavy atom. The van der Waals surface area contributed by atoms with Crippen molar-refractivity contribution in [2.24, 2.45) is 0 Å². The lowest BCUT2D eigenvalue weighted by molar-refractivity contribution is 0.344. The summed E-state index contributed by atoms with van der Waals surface area (Å²) in [5.41, 5.74) is 6.33. The van der Waals surface area contributed by atoms with Gasteiger partial charge in [0.1, 0.15) is 12.4 Å². The second-order valence-corrected chi connectivity index (χ2v) is 5.90. The van der Waals surface area contributed by atoms with Crippen LogP contribution in [0.15, 0.2) is 53.4 Å². The average molecular weight is 296 g/mol. The van der Waals surface area contributed by atoms with Gasteiger partial charge in [0.15, 0.2) is 0 Å². The highest BCUT2D eigenvalue weighted by Crippen LogP contribution is 2.20. The van der Waals surface area contributed by atoms with Gasteiger partial charge in [-0.2, -0.15) is 0 Å². The number of hydrogen-bond donors (Lipinski definition) is 1. The molecule has 0 amide bonds. The monoisotopic (exact) mass is 295 g/mol. The summed E-state index contributed by atoms with van der Waals surface area (Å²) in [4.78, 5) is 0.706. The van der Waals surface area contributed by atoms with E-state index in [1.54, 1.807) is 36.4 Å². The van der Waals surface area contributed by atoms with Crippen molar-refractivity contribution < 1.29 is 8.95 Å². The van der Waals surface area contributed by atoms with E-state index >= 15 is 0 Å². The highest BCUT2D eigenvalue weighted by Gasteiger charge is 2.05. The summed E-state index contributed by atoms with van der Waals surface area (Å²) < 4.78 is 17.5. The molecule has 0 fully saturated rings. The zero-order valence-corrected chi connectivity index (χ0v) is 11.8. The fourth-order valence-corrected chi connectivity index (χ4v) is 2.78. The Bertz CT molecular complexity index is 589.